The lowest BCUT2D eigenvalue weighted by molar-refractivity contribution is 0.0590. The molecule has 1 aromatic carbocycles. The summed E-state index contributed by atoms with van der Waals surface area (Å²) in [5, 5.41) is 24.8. The fourth-order valence-electron chi connectivity index (χ4n) is 5.81. The Balaban J connectivity index is 0.000000249. The van der Waals surface area contributed by atoms with E-state index in [1.165, 1.54) is 31.4 Å². The van der Waals surface area contributed by atoms with Gasteiger partial charge in [-0.2, -0.15) is 15.0 Å². The highest BCUT2D eigenvalue weighted by Crippen LogP contribution is 2.30. The molecule has 0 amide bonds. The number of hydrogen-bond acceptors (Lipinski definition) is 14. The van der Waals surface area contributed by atoms with Gasteiger partial charge in [0.2, 0.25) is 5.82 Å². The SMILES string of the molecule is COC(=O)c1cn2ncnc(Cl)c2c1C.COC(=O)c1cn2ncnc(Nc3cccc(-c4nnn(C(C)C)n4)c3)c2c1CN1CCC(N)CC1. The number of nitrogens with one attached hydrogen (secondary N) is 1. The van der Waals surface area contributed by atoms with Crippen LogP contribution in [-0.4, -0.2) is 99.6 Å². The summed E-state index contributed by atoms with van der Waals surface area (Å²) < 4.78 is 12.9. The highest BCUT2D eigenvalue weighted by molar-refractivity contribution is 6.32. The van der Waals surface area contributed by atoms with Gasteiger partial charge < -0.3 is 20.5 Å². The lowest BCUT2D eigenvalue weighted by Gasteiger charge is -2.30. The van der Waals surface area contributed by atoms with Gasteiger partial charge in [-0.25, -0.2) is 28.6 Å². The molecule has 1 aliphatic heterocycles. The number of methoxy groups -OCH3 is 2. The first-order valence-electron chi connectivity index (χ1n) is 16.2. The lowest BCUT2D eigenvalue weighted by Crippen LogP contribution is -2.39. The number of nitrogens with two attached hydrogens (primary N) is 1. The fourth-order valence-corrected chi connectivity index (χ4v) is 6.08. The van der Waals surface area contributed by atoms with Crippen molar-refractivity contribution in [1.82, 2.24) is 54.3 Å². The first-order chi connectivity index (χ1) is 24.6. The molecule has 0 unspecified atom stereocenters. The van der Waals surface area contributed by atoms with E-state index in [0.29, 0.717) is 45.5 Å². The summed E-state index contributed by atoms with van der Waals surface area (Å²) >= 11 is 5.90. The van der Waals surface area contributed by atoms with Crippen LogP contribution in [0, 0.1) is 6.92 Å². The Bertz CT molecular complexity index is 2190. The van der Waals surface area contributed by atoms with Gasteiger partial charge in [0, 0.05) is 41.8 Å². The number of esters is 2. The maximum Gasteiger partial charge on any atom is 0.339 e. The number of tetrazole rings is 1. The van der Waals surface area contributed by atoms with E-state index in [-0.39, 0.29) is 12.1 Å². The van der Waals surface area contributed by atoms with Gasteiger partial charge in [0.25, 0.3) is 0 Å². The van der Waals surface area contributed by atoms with Crippen molar-refractivity contribution >= 4 is 46.1 Å². The number of carbonyl (C=O) groups excluding carboxylic acids is 2. The molecular weight excluding hydrogens is 678 g/mol. The van der Waals surface area contributed by atoms with Crippen LogP contribution in [0.4, 0.5) is 11.5 Å². The monoisotopic (exact) mass is 715 g/mol. The van der Waals surface area contributed by atoms with Crippen molar-refractivity contribution in [1.29, 1.82) is 0 Å². The molecule has 0 aliphatic carbocycles. The van der Waals surface area contributed by atoms with Crippen LogP contribution in [-0.2, 0) is 16.0 Å². The maximum absolute atomic E-state index is 12.7. The number of carbonyl (C=O) groups is 2. The van der Waals surface area contributed by atoms with Crippen molar-refractivity contribution in [3.8, 4) is 11.4 Å². The van der Waals surface area contributed by atoms with Crippen LogP contribution < -0.4 is 11.1 Å². The predicted molar refractivity (Wildman–Crippen MR) is 188 cm³/mol. The van der Waals surface area contributed by atoms with Crippen LogP contribution in [0.2, 0.25) is 5.15 Å². The van der Waals surface area contributed by atoms with Gasteiger partial charge in [-0.3, -0.25) is 4.90 Å². The standard InChI is InChI=1S/C24H30N10O2.C9H8ClN3O2/c1-15(2)34-30-22(29-31-34)16-5-4-6-18(11-16)28-23-21-19(12-32-9-7-17(25)8-10-32)20(24(35)36-3)13-33(21)27-14-26-23;1-5-6(9(14)15-2)3-13-7(5)8(10)11-4-12-13/h4-6,11,13-15,17H,7-10,12,25H2,1-3H3,(H,26,27,28);3-4H,1-2H3. The first kappa shape index (κ1) is 35.3. The van der Waals surface area contributed by atoms with Crippen LogP contribution in [0.1, 0.15) is 64.6 Å². The zero-order chi connectivity index (χ0) is 36.2. The molecule has 5 aromatic heterocycles. The normalized spacial score (nSPS) is 13.7. The second-order valence-electron chi connectivity index (χ2n) is 12.3. The summed E-state index contributed by atoms with van der Waals surface area (Å²) in [6.07, 6.45) is 7.90. The summed E-state index contributed by atoms with van der Waals surface area (Å²) in [5.74, 6) is 0.310. The van der Waals surface area contributed by atoms with E-state index in [4.69, 9.17) is 22.1 Å². The van der Waals surface area contributed by atoms with E-state index in [9.17, 15) is 9.59 Å². The molecule has 6 aromatic rings. The van der Waals surface area contributed by atoms with E-state index in [1.54, 1.807) is 28.6 Å². The molecule has 0 atom stereocenters. The number of ether oxygens (including phenoxy) is 2. The molecule has 266 valence electrons. The Morgan fingerprint density at radius 3 is 2.33 bits per heavy atom. The maximum atomic E-state index is 12.7. The van der Waals surface area contributed by atoms with E-state index in [2.05, 4.69) is 50.5 Å². The van der Waals surface area contributed by atoms with Gasteiger partial charge in [0.15, 0.2) is 11.0 Å². The summed E-state index contributed by atoms with van der Waals surface area (Å²) in [7, 11) is 2.71. The van der Waals surface area contributed by atoms with Gasteiger partial charge in [-0.1, -0.05) is 23.7 Å². The Morgan fingerprint density at radius 1 is 1.00 bits per heavy atom. The van der Waals surface area contributed by atoms with Crippen LogP contribution in [0.3, 0.4) is 0 Å². The molecule has 0 saturated carbocycles. The third-order valence-corrected chi connectivity index (χ3v) is 8.84. The molecule has 17 nitrogen and oxygen atoms in total. The third-order valence-electron chi connectivity index (χ3n) is 8.56. The number of rotatable bonds is 8. The smallest absolute Gasteiger partial charge is 0.339 e. The quantitative estimate of drug-likeness (QED) is 0.215. The van der Waals surface area contributed by atoms with Gasteiger partial charge >= 0.3 is 11.9 Å². The zero-order valence-corrected chi connectivity index (χ0v) is 29.6. The minimum atomic E-state index is -0.408. The molecule has 0 bridgehead atoms. The van der Waals surface area contributed by atoms with Crippen molar-refractivity contribution in [2.75, 3.05) is 32.6 Å². The molecule has 1 aliphatic rings. The number of nitrogens with zero attached hydrogens (tertiary/aromatic N) is 11. The predicted octanol–water partition coefficient (Wildman–Crippen LogP) is 3.89. The molecule has 0 radical (unpaired) electrons. The Labute approximate surface area is 297 Å². The summed E-state index contributed by atoms with van der Waals surface area (Å²) in [6.45, 7) is 8.07. The number of aryl methyl sites for hydroxylation is 1. The zero-order valence-electron chi connectivity index (χ0n) is 28.8. The van der Waals surface area contributed by atoms with Gasteiger partial charge in [0.05, 0.1) is 31.4 Å². The van der Waals surface area contributed by atoms with Gasteiger partial charge in [-0.15, -0.1) is 10.2 Å². The number of likely N-dealkylation sites (tertiary alicyclic amines) is 1. The molecule has 18 heteroatoms. The van der Waals surface area contributed by atoms with Crippen LogP contribution in [0.15, 0.2) is 49.3 Å². The number of halogens is 1. The summed E-state index contributed by atoms with van der Waals surface area (Å²) in [4.78, 5) is 36.3. The van der Waals surface area contributed by atoms with E-state index in [0.717, 1.165) is 48.3 Å². The lowest BCUT2D eigenvalue weighted by atomic mass is 10.0. The Morgan fingerprint density at radius 2 is 1.67 bits per heavy atom. The average Bonchev–Trinajstić information content (AvgIpc) is 3.86. The van der Waals surface area contributed by atoms with Crippen molar-refractivity contribution < 1.29 is 19.1 Å². The van der Waals surface area contributed by atoms with Crippen molar-refractivity contribution in [2.45, 2.75) is 52.2 Å². The summed E-state index contributed by atoms with van der Waals surface area (Å²) in [6, 6.07) is 8.07. The van der Waals surface area contributed by atoms with E-state index in [1.807, 2.05) is 38.1 Å². The molecule has 6 heterocycles. The number of fused-ring (bicyclic) bond motifs is 2. The minimum absolute atomic E-state index is 0.120. The molecule has 7 rings (SSSR count). The fraction of sp³-hybridized carbons (Fsp3) is 0.364. The first-order valence-corrected chi connectivity index (χ1v) is 16.6. The van der Waals surface area contributed by atoms with Crippen LogP contribution >= 0.6 is 11.6 Å². The number of aromatic nitrogens is 10. The van der Waals surface area contributed by atoms with Crippen LogP contribution in [0.25, 0.3) is 22.4 Å². The second-order valence-corrected chi connectivity index (χ2v) is 12.6. The molecule has 51 heavy (non-hydrogen) atoms. The number of anilines is 2. The Kier molecular flexibility index (Phi) is 10.5. The largest absolute Gasteiger partial charge is 0.465 e. The summed E-state index contributed by atoms with van der Waals surface area (Å²) in [5.41, 5.74) is 11.5. The third kappa shape index (κ3) is 7.50. The molecule has 1 saturated heterocycles. The topological polar surface area (TPSA) is 198 Å². The molecule has 1 fully saturated rings. The Hall–Kier alpha value is -5.52. The van der Waals surface area contributed by atoms with Crippen molar-refractivity contribution in [3.05, 3.63) is 76.7 Å². The molecule has 0 spiro atoms. The van der Waals surface area contributed by atoms with Crippen molar-refractivity contribution in [3.63, 3.8) is 0 Å². The van der Waals surface area contributed by atoms with Crippen molar-refractivity contribution in [2.24, 2.45) is 5.73 Å². The second kappa shape index (κ2) is 15.2. The molecular formula is C33H38ClN13O4. The number of piperidine rings is 1. The van der Waals surface area contributed by atoms with E-state index < -0.39 is 11.9 Å². The minimum Gasteiger partial charge on any atom is -0.465 e. The number of hydrogen-bond donors (Lipinski definition) is 2. The molecule has 3 N–H and O–H groups in total. The highest BCUT2D eigenvalue weighted by Gasteiger charge is 2.25. The van der Waals surface area contributed by atoms with Gasteiger partial charge in [-0.05, 0) is 69.6 Å². The van der Waals surface area contributed by atoms with E-state index >= 15 is 0 Å². The van der Waals surface area contributed by atoms with Crippen LogP contribution in [0.5, 0.6) is 0 Å². The van der Waals surface area contributed by atoms with Gasteiger partial charge in [0.1, 0.15) is 23.7 Å². The average molecular weight is 716 g/mol. The number of benzene rings is 1. The highest BCUT2D eigenvalue weighted by atomic mass is 35.5.